The summed E-state index contributed by atoms with van der Waals surface area (Å²) in [7, 11) is 0. The van der Waals surface area contributed by atoms with Gasteiger partial charge in [-0.3, -0.25) is 0 Å². The van der Waals surface area contributed by atoms with Gasteiger partial charge in [0.1, 0.15) is 5.75 Å². The molecule has 0 bridgehead atoms. The molecule has 1 saturated heterocycles. The minimum Gasteiger partial charge on any atom is -0.508 e. The molecule has 1 heterocycles. The molecule has 0 aliphatic carbocycles. The zero-order valence-electron chi connectivity index (χ0n) is 15.3. The normalized spacial score (nSPS) is 16.6. The Morgan fingerprint density at radius 2 is 1.96 bits per heavy atom. The lowest BCUT2D eigenvalue weighted by Crippen LogP contribution is -2.28. The van der Waals surface area contributed by atoms with E-state index in [1.165, 1.54) is 29.4 Å². The number of piperidine rings is 1. The molecule has 2 aromatic rings. The molecule has 0 spiro atoms. The van der Waals surface area contributed by atoms with Crippen LogP contribution in [0, 0.1) is 5.92 Å². The van der Waals surface area contributed by atoms with E-state index in [2.05, 4.69) is 31.3 Å². The Kier molecular flexibility index (Phi) is 7.55. The lowest BCUT2D eigenvalue weighted by atomic mass is 9.93. The van der Waals surface area contributed by atoms with Crippen molar-refractivity contribution in [2.75, 3.05) is 19.7 Å². The van der Waals surface area contributed by atoms with E-state index in [0.717, 1.165) is 43.8 Å². The molecule has 0 radical (unpaired) electrons. The van der Waals surface area contributed by atoms with Crippen molar-refractivity contribution in [2.24, 2.45) is 5.92 Å². The van der Waals surface area contributed by atoms with Crippen LogP contribution < -0.4 is 5.32 Å². The van der Waals surface area contributed by atoms with Gasteiger partial charge in [0.05, 0.1) is 6.10 Å². The van der Waals surface area contributed by atoms with Gasteiger partial charge in [0, 0.05) is 6.61 Å². The molecular weight excluding hydrogens is 334 g/mol. The van der Waals surface area contributed by atoms with Crippen molar-refractivity contribution in [1.82, 2.24) is 5.32 Å². The number of nitrogens with one attached hydrogen (secondary N) is 1. The summed E-state index contributed by atoms with van der Waals surface area (Å²) >= 11 is 0. The van der Waals surface area contributed by atoms with Crippen molar-refractivity contribution >= 4 is 23.2 Å². The molecule has 3 nitrogen and oxygen atoms in total. The zero-order valence-corrected chi connectivity index (χ0v) is 16.1. The second-order valence-corrected chi connectivity index (χ2v) is 6.89. The number of hydrogen-bond acceptors (Lipinski definition) is 3. The molecule has 0 saturated carbocycles. The predicted octanol–water partition coefficient (Wildman–Crippen LogP) is 5.00. The number of ether oxygens (including phenoxy) is 1. The fraction of sp³-hybridized carbons (Fsp3) is 0.524. The number of aromatic hydroxyl groups is 1. The average molecular weight is 364 g/mol. The van der Waals surface area contributed by atoms with Crippen LogP contribution in [0.25, 0.3) is 10.8 Å². The number of phenolic OH excluding ortho intramolecular Hbond substituents is 1. The minimum absolute atomic E-state index is 0. The molecule has 25 heavy (non-hydrogen) atoms. The number of benzene rings is 2. The summed E-state index contributed by atoms with van der Waals surface area (Å²) in [6.45, 7) is 7.46. The Labute approximate surface area is 157 Å². The number of hydrogen-bond donors (Lipinski definition) is 2. The molecule has 2 aromatic carbocycles. The molecule has 1 fully saturated rings. The highest BCUT2D eigenvalue weighted by Crippen LogP contribution is 2.32. The van der Waals surface area contributed by atoms with Gasteiger partial charge in [0.2, 0.25) is 0 Å². The molecule has 2 N–H and O–H groups in total. The van der Waals surface area contributed by atoms with Crippen molar-refractivity contribution in [3.05, 3.63) is 41.5 Å². The van der Waals surface area contributed by atoms with E-state index in [4.69, 9.17) is 4.74 Å². The van der Waals surface area contributed by atoms with Crippen molar-refractivity contribution in [2.45, 2.75) is 45.6 Å². The molecule has 1 atom stereocenters. The van der Waals surface area contributed by atoms with Crippen LogP contribution in [0.15, 0.2) is 30.3 Å². The van der Waals surface area contributed by atoms with Crippen LogP contribution in [0.4, 0.5) is 0 Å². The van der Waals surface area contributed by atoms with Gasteiger partial charge in [-0.2, -0.15) is 0 Å². The fourth-order valence-corrected chi connectivity index (χ4v) is 3.84. The quantitative estimate of drug-likeness (QED) is 0.759. The highest BCUT2D eigenvalue weighted by atomic mass is 35.5. The maximum atomic E-state index is 9.74. The molecular formula is C21H30ClNO2. The van der Waals surface area contributed by atoms with E-state index in [-0.39, 0.29) is 18.5 Å². The summed E-state index contributed by atoms with van der Waals surface area (Å²) < 4.78 is 6.23. The number of halogens is 1. The standard InChI is InChI=1S/C21H29NO2.ClH/c1-3-17-4-5-18-14-19(23)6-7-20(18)21(17)15(2)24-13-10-16-8-11-22-12-9-16;/h4-7,14-16,22-23H,3,8-13H2,1-2H3;1H. The lowest BCUT2D eigenvalue weighted by Gasteiger charge is -2.24. The van der Waals surface area contributed by atoms with E-state index in [1.807, 2.05) is 12.1 Å². The number of phenols is 1. The largest absolute Gasteiger partial charge is 0.508 e. The first kappa shape index (κ1) is 20.0. The van der Waals surface area contributed by atoms with Gasteiger partial charge in [0.25, 0.3) is 0 Å². The Balaban J connectivity index is 0.00000225. The van der Waals surface area contributed by atoms with Crippen LogP contribution in [0.3, 0.4) is 0 Å². The zero-order chi connectivity index (χ0) is 16.9. The van der Waals surface area contributed by atoms with Crippen molar-refractivity contribution in [3.8, 4) is 5.75 Å². The van der Waals surface area contributed by atoms with Crippen LogP contribution in [0.5, 0.6) is 5.75 Å². The van der Waals surface area contributed by atoms with Gasteiger partial charge in [-0.1, -0.05) is 25.1 Å². The highest BCUT2D eigenvalue weighted by molar-refractivity contribution is 5.88. The summed E-state index contributed by atoms with van der Waals surface area (Å²) in [4.78, 5) is 0. The van der Waals surface area contributed by atoms with Crippen LogP contribution in [-0.4, -0.2) is 24.8 Å². The highest BCUT2D eigenvalue weighted by Gasteiger charge is 2.17. The van der Waals surface area contributed by atoms with Crippen molar-refractivity contribution in [1.29, 1.82) is 0 Å². The van der Waals surface area contributed by atoms with Crippen molar-refractivity contribution in [3.63, 3.8) is 0 Å². The SMILES string of the molecule is CCc1ccc2cc(O)ccc2c1C(C)OCCC1CCNCC1.Cl. The summed E-state index contributed by atoms with van der Waals surface area (Å²) in [6, 6.07) is 9.89. The molecule has 1 aliphatic heterocycles. The summed E-state index contributed by atoms with van der Waals surface area (Å²) in [5.41, 5.74) is 2.61. The van der Waals surface area contributed by atoms with E-state index in [0.29, 0.717) is 5.75 Å². The summed E-state index contributed by atoms with van der Waals surface area (Å²) in [5.74, 6) is 1.12. The first-order valence-electron chi connectivity index (χ1n) is 9.26. The average Bonchev–Trinajstić information content (AvgIpc) is 2.61. The molecule has 0 amide bonds. The lowest BCUT2D eigenvalue weighted by molar-refractivity contribution is 0.0537. The van der Waals surface area contributed by atoms with Gasteiger partial charge in [-0.25, -0.2) is 0 Å². The van der Waals surface area contributed by atoms with E-state index in [9.17, 15) is 5.11 Å². The van der Waals surface area contributed by atoms with E-state index in [1.54, 1.807) is 6.07 Å². The second-order valence-electron chi connectivity index (χ2n) is 6.89. The van der Waals surface area contributed by atoms with Crippen LogP contribution >= 0.6 is 12.4 Å². The maximum absolute atomic E-state index is 9.74. The fourth-order valence-electron chi connectivity index (χ4n) is 3.84. The van der Waals surface area contributed by atoms with Gasteiger partial charge in [0.15, 0.2) is 0 Å². The Morgan fingerprint density at radius 1 is 1.20 bits per heavy atom. The van der Waals surface area contributed by atoms with Gasteiger partial charge >= 0.3 is 0 Å². The number of aryl methyl sites for hydroxylation is 1. The van der Waals surface area contributed by atoms with E-state index >= 15 is 0 Å². The monoisotopic (exact) mass is 363 g/mol. The summed E-state index contributed by atoms with van der Waals surface area (Å²) in [6.07, 6.45) is 4.76. The Hall–Kier alpha value is -1.29. The molecule has 4 heteroatoms. The molecule has 3 rings (SSSR count). The third kappa shape index (κ3) is 4.87. The Morgan fingerprint density at radius 3 is 2.68 bits per heavy atom. The van der Waals surface area contributed by atoms with Crippen LogP contribution in [-0.2, 0) is 11.2 Å². The number of rotatable bonds is 6. The molecule has 0 aromatic heterocycles. The number of fused-ring (bicyclic) bond motifs is 1. The smallest absolute Gasteiger partial charge is 0.116 e. The molecule has 1 aliphatic rings. The second kappa shape index (κ2) is 9.42. The maximum Gasteiger partial charge on any atom is 0.116 e. The van der Waals surface area contributed by atoms with Crippen LogP contribution in [0.2, 0.25) is 0 Å². The summed E-state index contributed by atoms with van der Waals surface area (Å²) in [5, 5.41) is 15.4. The van der Waals surface area contributed by atoms with E-state index < -0.39 is 0 Å². The van der Waals surface area contributed by atoms with Gasteiger partial charge in [-0.15, -0.1) is 12.4 Å². The minimum atomic E-state index is 0. The first-order valence-corrected chi connectivity index (χ1v) is 9.26. The third-order valence-electron chi connectivity index (χ3n) is 5.28. The predicted molar refractivity (Wildman–Crippen MR) is 107 cm³/mol. The molecule has 138 valence electrons. The van der Waals surface area contributed by atoms with Gasteiger partial charge < -0.3 is 15.2 Å². The Bertz CT molecular complexity index is 683. The topological polar surface area (TPSA) is 41.5 Å². The first-order chi connectivity index (χ1) is 11.7. The third-order valence-corrected chi connectivity index (χ3v) is 5.28. The van der Waals surface area contributed by atoms with Gasteiger partial charge in [-0.05, 0) is 85.6 Å². The molecule has 1 unspecified atom stereocenters. The van der Waals surface area contributed by atoms with Crippen LogP contribution in [0.1, 0.15) is 50.3 Å². The van der Waals surface area contributed by atoms with Crippen molar-refractivity contribution < 1.29 is 9.84 Å².